The molecule has 0 saturated heterocycles. The lowest BCUT2D eigenvalue weighted by Crippen LogP contribution is -2.21. The van der Waals surface area contributed by atoms with E-state index in [-0.39, 0.29) is 11.5 Å². The molecule has 22 heavy (non-hydrogen) atoms. The van der Waals surface area contributed by atoms with Crippen LogP contribution < -0.4 is 10.6 Å². The molecule has 0 spiro atoms. The second kappa shape index (κ2) is 5.88. The molecule has 4 nitrogen and oxygen atoms in total. The van der Waals surface area contributed by atoms with Crippen molar-refractivity contribution in [3.8, 4) is 0 Å². The van der Waals surface area contributed by atoms with Gasteiger partial charge in [-0.05, 0) is 37.0 Å². The van der Waals surface area contributed by atoms with Crippen LogP contribution >= 0.6 is 11.3 Å². The van der Waals surface area contributed by atoms with Gasteiger partial charge in [-0.1, -0.05) is 12.1 Å². The van der Waals surface area contributed by atoms with Gasteiger partial charge in [0.05, 0.1) is 11.1 Å². The van der Waals surface area contributed by atoms with Crippen LogP contribution in [0.1, 0.15) is 37.6 Å². The van der Waals surface area contributed by atoms with Crippen molar-refractivity contribution in [2.75, 3.05) is 12.4 Å². The maximum Gasteiger partial charge on any atom is 0.259 e. The van der Waals surface area contributed by atoms with E-state index in [9.17, 15) is 14.0 Å². The molecule has 1 aliphatic rings. The van der Waals surface area contributed by atoms with Crippen LogP contribution in [0.4, 0.5) is 9.39 Å². The zero-order valence-corrected chi connectivity index (χ0v) is 12.8. The lowest BCUT2D eigenvalue weighted by Gasteiger charge is -2.08. The summed E-state index contributed by atoms with van der Waals surface area (Å²) in [6.45, 7) is 0. The van der Waals surface area contributed by atoms with Gasteiger partial charge in [0.1, 0.15) is 10.8 Å². The number of carbonyl (C=O) groups excluding carboxylic acids is 2. The number of benzene rings is 1. The molecule has 1 aromatic carbocycles. The van der Waals surface area contributed by atoms with E-state index < -0.39 is 11.7 Å². The highest BCUT2D eigenvalue weighted by molar-refractivity contribution is 7.17. The Hall–Kier alpha value is -2.21. The number of hydrogen-bond donors (Lipinski definition) is 2. The van der Waals surface area contributed by atoms with Crippen molar-refractivity contribution in [1.82, 2.24) is 5.32 Å². The number of carbonyl (C=O) groups is 2. The highest BCUT2D eigenvalue weighted by Gasteiger charge is 2.27. The molecule has 1 heterocycles. The monoisotopic (exact) mass is 318 g/mol. The van der Waals surface area contributed by atoms with E-state index in [1.54, 1.807) is 13.1 Å². The van der Waals surface area contributed by atoms with E-state index >= 15 is 0 Å². The molecule has 6 heteroatoms. The van der Waals surface area contributed by atoms with Crippen molar-refractivity contribution < 1.29 is 14.0 Å². The summed E-state index contributed by atoms with van der Waals surface area (Å²) in [6, 6.07) is 5.79. The Labute approximate surface area is 131 Å². The summed E-state index contributed by atoms with van der Waals surface area (Å²) in [5.41, 5.74) is 1.50. The fraction of sp³-hybridized carbons (Fsp3) is 0.250. The number of anilines is 1. The average molecular weight is 318 g/mol. The van der Waals surface area contributed by atoms with Crippen LogP contribution in [0.15, 0.2) is 24.3 Å². The summed E-state index contributed by atoms with van der Waals surface area (Å²) in [6.07, 6.45) is 2.77. The van der Waals surface area contributed by atoms with Crippen molar-refractivity contribution in [2.45, 2.75) is 19.3 Å². The fourth-order valence-electron chi connectivity index (χ4n) is 2.67. The number of fused-ring (bicyclic) bond motifs is 1. The molecule has 3 rings (SSSR count). The van der Waals surface area contributed by atoms with Crippen molar-refractivity contribution in [3.63, 3.8) is 0 Å². The van der Waals surface area contributed by atoms with E-state index in [2.05, 4.69) is 10.6 Å². The highest BCUT2D eigenvalue weighted by atomic mass is 32.1. The summed E-state index contributed by atoms with van der Waals surface area (Å²) in [7, 11) is 1.56. The summed E-state index contributed by atoms with van der Waals surface area (Å²) in [5.74, 6) is -1.34. The van der Waals surface area contributed by atoms with E-state index in [0.29, 0.717) is 10.6 Å². The third-order valence-corrected chi connectivity index (χ3v) is 4.93. The predicted molar refractivity (Wildman–Crippen MR) is 84.1 cm³/mol. The summed E-state index contributed by atoms with van der Waals surface area (Å²) in [5, 5.41) is 5.79. The molecule has 1 aliphatic carbocycles. The Bertz CT molecular complexity index is 755. The average Bonchev–Trinajstić information content (AvgIpc) is 3.07. The highest BCUT2D eigenvalue weighted by Crippen LogP contribution is 2.39. The topological polar surface area (TPSA) is 58.2 Å². The van der Waals surface area contributed by atoms with Crippen LogP contribution in [-0.4, -0.2) is 18.9 Å². The summed E-state index contributed by atoms with van der Waals surface area (Å²) >= 11 is 1.41. The lowest BCUT2D eigenvalue weighted by atomic mass is 10.1. The van der Waals surface area contributed by atoms with Crippen molar-refractivity contribution >= 4 is 28.2 Å². The van der Waals surface area contributed by atoms with Gasteiger partial charge in [0, 0.05) is 11.9 Å². The molecule has 0 bridgehead atoms. The minimum absolute atomic E-state index is 0.0288. The first-order valence-electron chi connectivity index (χ1n) is 7.04. The Kier molecular flexibility index (Phi) is 3.94. The van der Waals surface area contributed by atoms with Crippen LogP contribution in [0.3, 0.4) is 0 Å². The van der Waals surface area contributed by atoms with Gasteiger partial charge in [0.15, 0.2) is 0 Å². The van der Waals surface area contributed by atoms with E-state index in [0.717, 1.165) is 29.7 Å². The number of halogens is 1. The number of amides is 2. The maximum absolute atomic E-state index is 13.7. The third kappa shape index (κ3) is 2.50. The Morgan fingerprint density at radius 2 is 1.95 bits per heavy atom. The van der Waals surface area contributed by atoms with Gasteiger partial charge in [0.2, 0.25) is 0 Å². The van der Waals surface area contributed by atoms with Gasteiger partial charge in [0.25, 0.3) is 11.8 Å². The molecule has 0 aliphatic heterocycles. The minimum Gasteiger partial charge on any atom is -0.355 e. The van der Waals surface area contributed by atoms with Crippen LogP contribution in [0.2, 0.25) is 0 Å². The summed E-state index contributed by atoms with van der Waals surface area (Å²) < 4.78 is 13.7. The lowest BCUT2D eigenvalue weighted by molar-refractivity contribution is 0.0963. The van der Waals surface area contributed by atoms with Crippen LogP contribution in [-0.2, 0) is 12.8 Å². The third-order valence-electron chi connectivity index (χ3n) is 3.72. The second-order valence-corrected chi connectivity index (χ2v) is 6.18. The standard InChI is InChI=1S/C16H15FN2O2S/c1-18-15(21)13-10-6-4-8-12(10)22-16(13)19-14(20)9-5-2-3-7-11(9)17/h2-3,5,7H,4,6,8H2,1H3,(H,18,21)(H,19,20). The normalized spacial score (nSPS) is 12.8. The number of hydrogen-bond acceptors (Lipinski definition) is 3. The number of rotatable bonds is 3. The predicted octanol–water partition coefficient (Wildman–Crippen LogP) is 2.99. The SMILES string of the molecule is CNC(=O)c1c(NC(=O)c2ccccc2F)sc2c1CCC2. The van der Waals surface area contributed by atoms with Crippen LogP contribution in [0.25, 0.3) is 0 Å². The molecule has 0 fully saturated rings. The molecule has 0 unspecified atom stereocenters. The van der Waals surface area contributed by atoms with Gasteiger partial charge < -0.3 is 10.6 Å². The van der Waals surface area contributed by atoms with E-state index in [1.165, 1.54) is 29.5 Å². The zero-order chi connectivity index (χ0) is 15.7. The van der Waals surface area contributed by atoms with Crippen LogP contribution in [0.5, 0.6) is 0 Å². The fourth-order valence-corrected chi connectivity index (χ4v) is 3.96. The van der Waals surface area contributed by atoms with Crippen molar-refractivity contribution in [1.29, 1.82) is 0 Å². The van der Waals surface area contributed by atoms with Crippen LogP contribution in [0, 0.1) is 5.82 Å². The minimum atomic E-state index is -0.578. The molecule has 114 valence electrons. The molecule has 2 aromatic rings. The van der Waals surface area contributed by atoms with Gasteiger partial charge in [-0.3, -0.25) is 9.59 Å². The van der Waals surface area contributed by atoms with Gasteiger partial charge >= 0.3 is 0 Å². The number of thiophene rings is 1. The Morgan fingerprint density at radius 3 is 2.68 bits per heavy atom. The number of aryl methyl sites for hydroxylation is 1. The zero-order valence-electron chi connectivity index (χ0n) is 12.0. The quantitative estimate of drug-likeness (QED) is 0.914. The largest absolute Gasteiger partial charge is 0.355 e. The first kappa shape index (κ1) is 14.7. The number of nitrogens with one attached hydrogen (secondary N) is 2. The second-order valence-electron chi connectivity index (χ2n) is 5.07. The molecule has 0 radical (unpaired) electrons. The Morgan fingerprint density at radius 1 is 1.18 bits per heavy atom. The maximum atomic E-state index is 13.7. The van der Waals surface area contributed by atoms with Crippen molar-refractivity contribution in [3.05, 3.63) is 51.7 Å². The molecule has 0 saturated carbocycles. The molecule has 1 aromatic heterocycles. The molecule has 2 amide bonds. The van der Waals surface area contributed by atoms with E-state index in [1.807, 2.05) is 0 Å². The van der Waals surface area contributed by atoms with Crippen molar-refractivity contribution in [2.24, 2.45) is 0 Å². The summed E-state index contributed by atoms with van der Waals surface area (Å²) in [4.78, 5) is 25.5. The molecular formula is C16H15FN2O2S. The molecule has 2 N–H and O–H groups in total. The van der Waals surface area contributed by atoms with Gasteiger partial charge in [-0.2, -0.15) is 0 Å². The molecular weight excluding hydrogens is 303 g/mol. The molecule has 0 atom stereocenters. The van der Waals surface area contributed by atoms with Gasteiger partial charge in [-0.25, -0.2) is 4.39 Å². The van der Waals surface area contributed by atoms with E-state index in [4.69, 9.17) is 0 Å². The smallest absolute Gasteiger partial charge is 0.259 e. The first-order chi connectivity index (χ1) is 10.6. The Balaban J connectivity index is 1.95. The van der Waals surface area contributed by atoms with Gasteiger partial charge in [-0.15, -0.1) is 11.3 Å². The first-order valence-corrected chi connectivity index (χ1v) is 7.86.